The molecule has 0 saturated heterocycles. The average Bonchev–Trinajstić information content (AvgIpc) is 3.18. The molecule has 0 radical (unpaired) electrons. The van der Waals surface area contributed by atoms with Gasteiger partial charge in [-0.15, -0.1) is 0 Å². The van der Waals surface area contributed by atoms with Crippen LogP contribution in [-0.2, 0) is 34.3 Å². The molecule has 0 spiro atoms. The Balaban J connectivity index is 1.48. The smallest absolute Gasteiger partial charge is 0.374 e. The van der Waals surface area contributed by atoms with Gasteiger partial charge < -0.3 is 13.9 Å². The molecule has 0 aliphatic heterocycles. The number of fused-ring (bicyclic) bond motifs is 2. The number of aryl methyl sites for hydroxylation is 1. The third kappa shape index (κ3) is 4.12. The van der Waals surface area contributed by atoms with Crippen molar-refractivity contribution >= 4 is 33.8 Å². The highest BCUT2D eigenvalue weighted by molar-refractivity contribution is 5.96. The molecule has 4 rings (SSSR count). The number of esters is 2. The van der Waals surface area contributed by atoms with Gasteiger partial charge in [0.15, 0.2) is 0 Å². The van der Waals surface area contributed by atoms with Gasteiger partial charge >= 0.3 is 11.9 Å². The molecule has 8 nitrogen and oxygen atoms in total. The van der Waals surface area contributed by atoms with Crippen molar-refractivity contribution in [2.45, 2.75) is 26.4 Å². The molecule has 2 aromatic carbocycles. The van der Waals surface area contributed by atoms with E-state index in [9.17, 15) is 14.4 Å². The van der Waals surface area contributed by atoms with E-state index in [-0.39, 0.29) is 37.4 Å². The summed E-state index contributed by atoms with van der Waals surface area (Å²) in [5.74, 6) is -0.566. The predicted molar refractivity (Wildman–Crippen MR) is 117 cm³/mol. The lowest BCUT2D eigenvalue weighted by Crippen LogP contribution is -2.23. The molecule has 2 aromatic heterocycles. The molecular weight excluding hydrogens is 412 g/mol. The molecule has 0 aliphatic carbocycles. The van der Waals surface area contributed by atoms with Gasteiger partial charge in [-0.25, -0.2) is 9.78 Å². The van der Waals surface area contributed by atoms with Gasteiger partial charge in [-0.1, -0.05) is 30.3 Å². The first-order chi connectivity index (χ1) is 15.5. The molecule has 0 fully saturated rings. The van der Waals surface area contributed by atoms with Gasteiger partial charge in [0.05, 0.1) is 29.5 Å². The Kier molecular flexibility index (Phi) is 6.02. The van der Waals surface area contributed by atoms with Crippen molar-refractivity contribution in [1.82, 2.24) is 9.55 Å². The minimum absolute atomic E-state index is 0.0273. The van der Waals surface area contributed by atoms with Crippen molar-refractivity contribution in [3.8, 4) is 0 Å². The van der Waals surface area contributed by atoms with E-state index >= 15 is 0 Å². The monoisotopic (exact) mass is 434 g/mol. The van der Waals surface area contributed by atoms with Crippen LogP contribution in [0, 0.1) is 0 Å². The minimum atomic E-state index is -0.606. The maximum absolute atomic E-state index is 12.5. The van der Waals surface area contributed by atoms with Crippen molar-refractivity contribution in [1.29, 1.82) is 0 Å². The van der Waals surface area contributed by atoms with E-state index in [1.165, 1.54) is 4.57 Å². The number of carbonyl (C=O) groups is 2. The lowest BCUT2D eigenvalue weighted by molar-refractivity contribution is -0.144. The maximum atomic E-state index is 12.5. The first kappa shape index (κ1) is 21.3. The molecule has 0 unspecified atom stereocenters. The Labute approximate surface area is 183 Å². The lowest BCUT2D eigenvalue weighted by atomic mass is 10.1. The maximum Gasteiger partial charge on any atom is 0.374 e. The number of rotatable bonds is 7. The molecule has 32 heavy (non-hydrogen) atoms. The number of para-hydroxylation sites is 2. The number of carbonyl (C=O) groups excluding carboxylic acids is 2. The Morgan fingerprint density at radius 1 is 1.03 bits per heavy atom. The van der Waals surface area contributed by atoms with E-state index < -0.39 is 11.9 Å². The molecular formula is C24H22N2O6. The van der Waals surface area contributed by atoms with Crippen LogP contribution >= 0.6 is 0 Å². The second-order valence-electron chi connectivity index (χ2n) is 7.20. The van der Waals surface area contributed by atoms with Crippen LogP contribution < -0.4 is 5.56 Å². The van der Waals surface area contributed by atoms with Crippen molar-refractivity contribution in [2.24, 2.45) is 7.05 Å². The zero-order valence-corrected chi connectivity index (χ0v) is 17.8. The van der Waals surface area contributed by atoms with Crippen LogP contribution in [0.1, 0.15) is 35.3 Å². The van der Waals surface area contributed by atoms with Crippen molar-refractivity contribution < 1.29 is 23.5 Å². The summed E-state index contributed by atoms with van der Waals surface area (Å²) in [6, 6.07) is 14.2. The highest BCUT2D eigenvalue weighted by atomic mass is 16.5. The van der Waals surface area contributed by atoms with E-state index in [1.54, 1.807) is 50.4 Å². The SMILES string of the molecule is CCOC(=O)c1oc2ccccc2c1COC(=O)CCc1nc2ccccc2c(=O)n1C. The van der Waals surface area contributed by atoms with E-state index in [4.69, 9.17) is 13.9 Å². The van der Waals surface area contributed by atoms with Crippen LogP contribution in [0.4, 0.5) is 0 Å². The number of hydrogen-bond donors (Lipinski definition) is 0. The van der Waals surface area contributed by atoms with Crippen molar-refractivity contribution in [2.75, 3.05) is 6.61 Å². The van der Waals surface area contributed by atoms with Crippen LogP contribution in [0.5, 0.6) is 0 Å². The normalized spacial score (nSPS) is 11.1. The summed E-state index contributed by atoms with van der Waals surface area (Å²) in [6.07, 6.45) is 0.273. The Bertz CT molecular complexity index is 1370. The summed E-state index contributed by atoms with van der Waals surface area (Å²) in [5.41, 5.74) is 1.39. The topological polar surface area (TPSA) is 101 Å². The third-order valence-corrected chi connectivity index (χ3v) is 5.17. The van der Waals surface area contributed by atoms with Crippen LogP contribution in [0.15, 0.2) is 57.7 Å². The summed E-state index contributed by atoms with van der Waals surface area (Å²) in [5, 5.41) is 1.21. The molecule has 4 aromatic rings. The van der Waals surface area contributed by atoms with Gasteiger partial charge in [-0.2, -0.15) is 0 Å². The number of hydrogen-bond acceptors (Lipinski definition) is 7. The molecule has 0 saturated carbocycles. The molecule has 8 heteroatoms. The Morgan fingerprint density at radius 2 is 1.75 bits per heavy atom. The number of aromatic nitrogens is 2. The van der Waals surface area contributed by atoms with E-state index in [0.717, 1.165) is 0 Å². The average molecular weight is 434 g/mol. The fourth-order valence-electron chi connectivity index (χ4n) is 3.53. The largest absolute Gasteiger partial charge is 0.461 e. The van der Waals surface area contributed by atoms with Gasteiger partial charge in [0.2, 0.25) is 5.76 Å². The van der Waals surface area contributed by atoms with Crippen LogP contribution in [0.3, 0.4) is 0 Å². The van der Waals surface area contributed by atoms with Crippen LogP contribution in [-0.4, -0.2) is 28.1 Å². The van der Waals surface area contributed by atoms with E-state index in [0.29, 0.717) is 33.3 Å². The molecule has 2 heterocycles. The summed E-state index contributed by atoms with van der Waals surface area (Å²) in [6.45, 7) is 1.77. The van der Waals surface area contributed by atoms with Gasteiger partial charge in [-0.3, -0.25) is 14.2 Å². The molecule has 0 atom stereocenters. The van der Waals surface area contributed by atoms with Crippen molar-refractivity contribution in [3.05, 3.63) is 76.0 Å². The summed E-state index contributed by atoms with van der Waals surface area (Å²) < 4.78 is 17.6. The first-order valence-electron chi connectivity index (χ1n) is 10.3. The third-order valence-electron chi connectivity index (χ3n) is 5.17. The number of benzene rings is 2. The second-order valence-corrected chi connectivity index (χ2v) is 7.20. The molecule has 0 bridgehead atoms. The predicted octanol–water partition coefficient (Wildman–Crippen LogP) is 3.53. The summed E-state index contributed by atoms with van der Waals surface area (Å²) >= 11 is 0. The Hall–Kier alpha value is -3.94. The van der Waals surface area contributed by atoms with Gasteiger partial charge in [0.25, 0.3) is 5.56 Å². The fourth-order valence-corrected chi connectivity index (χ4v) is 3.53. The second kappa shape index (κ2) is 9.05. The highest BCUT2D eigenvalue weighted by Gasteiger charge is 2.22. The molecule has 0 N–H and O–H groups in total. The first-order valence-corrected chi connectivity index (χ1v) is 10.3. The zero-order valence-electron chi connectivity index (χ0n) is 17.8. The summed E-state index contributed by atoms with van der Waals surface area (Å²) in [7, 11) is 1.63. The number of furan rings is 1. The number of ether oxygens (including phenoxy) is 2. The van der Waals surface area contributed by atoms with Gasteiger partial charge in [-0.05, 0) is 25.1 Å². The van der Waals surface area contributed by atoms with Crippen LogP contribution in [0.25, 0.3) is 21.9 Å². The minimum Gasteiger partial charge on any atom is -0.461 e. The van der Waals surface area contributed by atoms with Gasteiger partial charge in [0.1, 0.15) is 18.0 Å². The van der Waals surface area contributed by atoms with E-state index in [1.807, 2.05) is 12.1 Å². The fraction of sp³-hybridized carbons (Fsp3) is 0.250. The molecule has 164 valence electrons. The van der Waals surface area contributed by atoms with Crippen molar-refractivity contribution in [3.63, 3.8) is 0 Å². The van der Waals surface area contributed by atoms with Crippen LogP contribution in [0.2, 0.25) is 0 Å². The standard InChI is InChI=1S/C24H22N2O6/c1-3-30-24(29)22-17(15-8-5-7-11-19(15)32-22)14-31-21(27)13-12-20-25-18-10-6-4-9-16(18)23(28)26(20)2/h4-11H,3,12-14H2,1-2H3. The number of nitrogens with zero attached hydrogens (tertiary/aromatic N) is 2. The highest BCUT2D eigenvalue weighted by Crippen LogP contribution is 2.27. The molecule has 0 aliphatic rings. The summed E-state index contributed by atoms with van der Waals surface area (Å²) in [4.78, 5) is 41.7. The zero-order chi connectivity index (χ0) is 22.7. The van der Waals surface area contributed by atoms with E-state index in [2.05, 4.69) is 4.98 Å². The Morgan fingerprint density at radius 3 is 2.53 bits per heavy atom. The van der Waals surface area contributed by atoms with Gasteiger partial charge in [0, 0.05) is 18.9 Å². The molecule has 0 amide bonds. The lowest BCUT2D eigenvalue weighted by Gasteiger charge is -2.09. The quantitative estimate of drug-likeness (QED) is 0.410.